The normalized spacial score (nSPS) is 29.9. The molecule has 2 atom stereocenters. The fourth-order valence-electron chi connectivity index (χ4n) is 1.15. The van der Waals surface area contributed by atoms with Crippen LogP contribution in [0, 0.1) is 11.8 Å². The van der Waals surface area contributed by atoms with E-state index in [-0.39, 0.29) is 0 Å². The van der Waals surface area contributed by atoms with Crippen molar-refractivity contribution in [1.82, 2.24) is 0 Å². The van der Waals surface area contributed by atoms with Crippen LogP contribution in [-0.4, -0.2) is 0 Å². The topological polar surface area (TPSA) is 0 Å². The third-order valence-corrected chi connectivity index (χ3v) is 2.04. The number of hydrogen-bond donors (Lipinski definition) is 0. The van der Waals surface area contributed by atoms with Crippen LogP contribution in [0.25, 0.3) is 0 Å². The Morgan fingerprint density at radius 3 is 2.73 bits per heavy atom. The van der Waals surface area contributed by atoms with E-state index in [0.717, 1.165) is 18.3 Å². The molecule has 60 valence electrons. The van der Waals surface area contributed by atoms with E-state index in [0.29, 0.717) is 0 Å². The van der Waals surface area contributed by atoms with Gasteiger partial charge in [-0.25, -0.2) is 0 Å². The van der Waals surface area contributed by atoms with Gasteiger partial charge in [0.05, 0.1) is 0 Å². The predicted molar refractivity (Wildman–Crippen MR) is 50.4 cm³/mol. The Balaban J connectivity index is 2.17. The first kappa shape index (κ1) is 8.32. The second-order valence-corrected chi connectivity index (χ2v) is 3.02. The Kier molecular flexibility index (Phi) is 3.15. The molecule has 0 aromatic heterocycles. The highest BCUT2D eigenvalue weighted by atomic mass is 14.3. The summed E-state index contributed by atoms with van der Waals surface area (Å²) >= 11 is 0. The second kappa shape index (κ2) is 4.17. The van der Waals surface area contributed by atoms with Gasteiger partial charge in [-0.05, 0) is 24.7 Å². The van der Waals surface area contributed by atoms with Crippen molar-refractivity contribution >= 4 is 0 Å². The van der Waals surface area contributed by atoms with Crippen LogP contribution in [0.5, 0.6) is 0 Å². The summed E-state index contributed by atoms with van der Waals surface area (Å²) < 4.78 is 0. The quantitative estimate of drug-likeness (QED) is 0.424. The summed E-state index contributed by atoms with van der Waals surface area (Å²) in [6.07, 6.45) is 13.2. The summed E-state index contributed by atoms with van der Waals surface area (Å²) in [7, 11) is 0. The van der Waals surface area contributed by atoms with Crippen LogP contribution >= 0.6 is 0 Å². The van der Waals surface area contributed by atoms with Crippen molar-refractivity contribution in [2.24, 2.45) is 11.8 Å². The summed E-state index contributed by atoms with van der Waals surface area (Å²) in [5.74, 6) is 1.55. The van der Waals surface area contributed by atoms with Gasteiger partial charge in [0.15, 0.2) is 0 Å². The maximum atomic E-state index is 3.77. The van der Waals surface area contributed by atoms with Gasteiger partial charge >= 0.3 is 0 Å². The molecule has 0 unspecified atom stereocenters. The summed E-state index contributed by atoms with van der Waals surface area (Å²) in [6, 6.07) is 0. The zero-order valence-electron chi connectivity index (χ0n) is 7.16. The van der Waals surface area contributed by atoms with Crippen LogP contribution in [0.1, 0.15) is 19.8 Å². The largest absolute Gasteiger partial charge is 0.103 e. The molecule has 0 bridgehead atoms. The van der Waals surface area contributed by atoms with E-state index in [4.69, 9.17) is 0 Å². The summed E-state index contributed by atoms with van der Waals surface area (Å²) in [6.45, 7) is 5.91. The van der Waals surface area contributed by atoms with Crippen molar-refractivity contribution in [3.63, 3.8) is 0 Å². The van der Waals surface area contributed by atoms with Crippen molar-refractivity contribution in [3.8, 4) is 0 Å². The standard InChI is InChI=1S/C11H16/c1-3-5-6-7-8-11-9-10(11)4-2/h4-8,10-11H,2-3,9H2,1H3/b6-5+,8-7+/t10-,11-/m0/s1. The molecule has 11 heavy (non-hydrogen) atoms. The highest BCUT2D eigenvalue weighted by Gasteiger charge is 2.30. The fraction of sp³-hybridized carbons (Fsp3) is 0.455. The maximum absolute atomic E-state index is 3.77. The highest BCUT2D eigenvalue weighted by molar-refractivity contribution is 5.13. The van der Waals surface area contributed by atoms with Gasteiger partial charge < -0.3 is 0 Å². The van der Waals surface area contributed by atoms with E-state index < -0.39 is 0 Å². The predicted octanol–water partition coefficient (Wildman–Crippen LogP) is 3.33. The molecule has 0 heterocycles. The Labute approximate surface area is 69.3 Å². The fourth-order valence-corrected chi connectivity index (χ4v) is 1.15. The van der Waals surface area contributed by atoms with Gasteiger partial charge in [0.1, 0.15) is 0 Å². The van der Waals surface area contributed by atoms with Crippen LogP contribution in [0.3, 0.4) is 0 Å². The van der Waals surface area contributed by atoms with E-state index in [1.807, 2.05) is 0 Å². The lowest BCUT2D eigenvalue weighted by Crippen LogP contribution is -1.68. The molecule has 0 aromatic rings. The molecule has 1 saturated carbocycles. The van der Waals surface area contributed by atoms with Gasteiger partial charge in [-0.2, -0.15) is 0 Å². The monoisotopic (exact) mass is 148 g/mol. The van der Waals surface area contributed by atoms with Gasteiger partial charge in [-0.15, -0.1) is 6.58 Å². The van der Waals surface area contributed by atoms with Gasteiger partial charge in [-0.3, -0.25) is 0 Å². The first-order valence-electron chi connectivity index (χ1n) is 4.34. The Hall–Kier alpha value is -0.780. The molecule has 0 N–H and O–H groups in total. The van der Waals surface area contributed by atoms with Crippen molar-refractivity contribution in [3.05, 3.63) is 37.0 Å². The van der Waals surface area contributed by atoms with Gasteiger partial charge in [0.25, 0.3) is 0 Å². The average molecular weight is 148 g/mol. The third kappa shape index (κ3) is 2.75. The van der Waals surface area contributed by atoms with E-state index in [1.54, 1.807) is 0 Å². The smallest absolute Gasteiger partial charge is 0.0161 e. The highest BCUT2D eigenvalue weighted by Crippen LogP contribution is 2.40. The Morgan fingerprint density at radius 1 is 1.36 bits per heavy atom. The zero-order chi connectivity index (χ0) is 8.10. The molecule has 0 nitrogen and oxygen atoms in total. The number of hydrogen-bond acceptors (Lipinski definition) is 0. The Morgan fingerprint density at radius 2 is 2.18 bits per heavy atom. The minimum atomic E-state index is 0.765. The van der Waals surface area contributed by atoms with Crippen LogP contribution in [0.15, 0.2) is 37.0 Å². The zero-order valence-corrected chi connectivity index (χ0v) is 7.16. The van der Waals surface area contributed by atoms with Crippen molar-refractivity contribution < 1.29 is 0 Å². The first-order chi connectivity index (χ1) is 5.38. The third-order valence-electron chi connectivity index (χ3n) is 2.04. The summed E-state index contributed by atoms with van der Waals surface area (Å²) in [5, 5.41) is 0. The van der Waals surface area contributed by atoms with Crippen molar-refractivity contribution in [2.75, 3.05) is 0 Å². The van der Waals surface area contributed by atoms with Gasteiger partial charge in [0, 0.05) is 0 Å². The molecule has 0 radical (unpaired) electrons. The lowest BCUT2D eigenvalue weighted by Gasteiger charge is -1.80. The van der Waals surface area contributed by atoms with E-state index in [2.05, 4.69) is 43.9 Å². The van der Waals surface area contributed by atoms with E-state index in [1.165, 1.54) is 6.42 Å². The number of rotatable bonds is 4. The lowest BCUT2D eigenvalue weighted by atomic mass is 10.3. The van der Waals surface area contributed by atoms with Crippen molar-refractivity contribution in [2.45, 2.75) is 19.8 Å². The Bertz CT molecular complexity index is 174. The van der Waals surface area contributed by atoms with Gasteiger partial charge in [-0.1, -0.05) is 37.3 Å². The van der Waals surface area contributed by atoms with E-state index in [9.17, 15) is 0 Å². The maximum Gasteiger partial charge on any atom is -0.0161 e. The van der Waals surface area contributed by atoms with Gasteiger partial charge in [0.2, 0.25) is 0 Å². The molecule has 0 saturated heterocycles. The molecule has 0 aliphatic heterocycles. The van der Waals surface area contributed by atoms with Crippen LogP contribution in [0.4, 0.5) is 0 Å². The minimum Gasteiger partial charge on any atom is -0.103 e. The molecule has 0 amide bonds. The second-order valence-electron chi connectivity index (χ2n) is 3.02. The lowest BCUT2D eigenvalue weighted by molar-refractivity contribution is 0.998. The first-order valence-corrected chi connectivity index (χ1v) is 4.34. The number of allylic oxidation sites excluding steroid dienone is 5. The summed E-state index contributed by atoms with van der Waals surface area (Å²) in [4.78, 5) is 0. The molecule has 1 rings (SSSR count). The van der Waals surface area contributed by atoms with Crippen LogP contribution < -0.4 is 0 Å². The van der Waals surface area contributed by atoms with Crippen LogP contribution in [0.2, 0.25) is 0 Å². The molecule has 0 heteroatoms. The molecule has 1 aliphatic rings. The molecule has 0 spiro atoms. The molecular formula is C11H16. The molecule has 0 aromatic carbocycles. The summed E-state index contributed by atoms with van der Waals surface area (Å²) in [5.41, 5.74) is 0. The SMILES string of the molecule is C=C[C@H]1C[C@@H]1/C=C/C=C/CC. The van der Waals surface area contributed by atoms with Crippen molar-refractivity contribution in [1.29, 1.82) is 0 Å². The minimum absolute atomic E-state index is 0.765. The molecule has 1 fully saturated rings. The molecule has 1 aliphatic carbocycles. The van der Waals surface area contributed by atoms with Crippen LogP contribution in [-0.2, 0) is 0 Å². The molecular weight excluding hydrogens is 132 g/mol. The average Bonchev–Trinajstić information content (AvgIpc) is 2.77. The van der Waals surface area contributed by atoms with E-state index >= 15 is 0 Å².